The molecule has 1 fully saturated rings. The van der Waals surface area contributed by atoms with E-state index in [0.717, 1.165) is 9.26 Å². The fourth-order valence-corrected chi connectivity index (χ4v) is 2.52. The highest BCUT2D eigenvalue weighted by molar-refractivity contribution is 14.1. The lowest BCUT2D eigenvalue weighted by atomic mass is 10.3. The highest BCUT2D eigenvalue weighted by atomic mass is 127. The van der Waals surface area contributed by atoms with Crippen LogP contribution in [0.4, 0.5) is 10.5 Å². The molecular weight excluding hydrogens is 385 g/mol. The van der Waals surface area contributed by atoms with Gasteiger partial charge in [-0.2, -0.15) is 0 Å². The summed E-state index contributed by atoms with van der Waals surface area (Å²) < 4.78 is 1.12. The van der Waals surface area contributed by atoms with Gasteiger partial charge in [-0.1, -0.05) is 0 Å². The quantitative estimate of drug-likeness (QED) is 0.754. The first-order valence-electron chi connectivity index (χ1n) is 6.80. The number of carbonyl (C=O) groups excluding carboxylic acids is 1. The molecule has 1 aromatic carbocycles. The van der Waals surface area contributed by atoms with E-state index in [-0.39, 0.29) is 12.5 Å². The standard InChI is InChI=1S/C14H18IN3O3/c15-11-1-3-12(4-2-11)16-14(21)18-9-7-17(8-10-18)6-5-13(19)20/h1-4H,5-10H2,(H,16,21)(H,19,20). The Kier molecular flexibility index (Phi) is 5.80. The summed E-state index contributed by atoms with van der Waals surface area (Å²) in [5.74, 6) is -0.783. The lowest BCUT2D eigenvalue weighted by Crippen LogP contribution is -2.50. The van der Waals surface area contributed by atoms with Crippen LogP contribution in [0.2, 0.25) is 0 Å². The van der Waals surface area contributed by atoms with Gasteiger partial charge in [0.1, 0.15) is 0 Å². The number of carboxylic acids is 1. The number of urea groups is 1. The molecule has 1 heterocycles. The van der Waals surface area contributed by atoms with Gasteiger partial charge in [0, 0.05) is 42.0 Å². The van der Waals surface area contributed by atoms with Gasteiger partial charge in [0.25, 0.3) is 0 Å². The van der Waals surface area contributed by atoms with Gasteiger partial charge < -0.3 is 15.3 Å². The SMILES string of the molecule is O=C(O)CCN1CCN(C(=O)Nc2ccc(I)cc2)CC1. The van der Waals surface area contributed by atoms with Crippen LogP contribution in [-0.2, 0) is 4.79 Å². The van der Waals surface area contributed by atoms with Gasteiger partial charge in [0.05, 0.1) is 6.42 Å². The van der Waals surface area contributed by atoms with Crippen LogP contribution in [0.5, 0.6) is 0 Å². The third-order valence-electron chi connectivity index (χ3n) is 3.40. The molecule has 0 aromatic heterocycles. The van der Waals surface area contributed by atoms with E-state index in [0.29, 0.717) is 32.7 Å². The van der Waals surface area contributed by atoms with Crippen LogP contribution in [0.3, 0.4) is 0 Å². The van der Waals surface area contributed by atoms with Crippen LogP contribution in [-0.4, -0.2) is 59.6 Å². The molecule has 0 unspecified atom stereocenters. The zero-order chi connectivity index (χ0) is 15.2. The topological polar surface area (TPSA) is 72.9 Å². The van der Waals surface area contributed by atoms with E-state index in [9.17, 15) is 9.59 Å². The summed E-state index contributed by atoms with van der Waals surface area (Å²) in [4.78, 5) is 26.5. The fourth-order valence-electron chi connectivity index (χ4n) is 2.16. The first-order chi connectivity index (χ1) is 10.0. The van der Waals surface area contributed by atoms with Gasteiger partial charge in [0.15, 0.2) is 0 Å². The lowest BCUT2D eigenvalue weighted by molar-refractivity contribution is -0.137. The number of rotatable bonds is 4. The molecule has 0 saturated carbocycles. The lowest BCUT2D eigenvalue weighted by Gasteiger charge is -2.34. The zero-order valence-corrected chi connectivity index (χ0v) is 13.7. The summed E-state index contributed by atoms with van der Waals surface area (Å²) in [7, 11) is 0. The second kappa shape index (κ2) is 7.60. The number of amides is 2. The van der Waals surface area contributed by atoms with E-state index in [1.807, 2.05) is 24.3 Å². The molecule has 1 saturated heterocycles. The van der Waals surface area contributed by atoms with Crippen molar-refractivity contribution in [3.8, 4) is 0 Å². The van der Waals surface area contributed by atoms with Gasteiger partial charge in [0.2, 0.25) is 0 Å². The van der Waals surface area contributed by atoms with E-state index >= 15 is 0 Å². The Hall–Kier alpha value is -1.35. The van der Waals surface area contributed by atoms with Crippen molar-refractivity contribution in [2.24, 2.45) is 0 Å². The maximum Gasteiger partial charge on any atom is 0.321 e. The Morgan fingerprint density at radius 2 is 1.76 bits per heavy atom. The first-order valence-corrected chi connectivity index (χ1v) is 7.88. The molecule has 2 amide bonds. The van der Waals surface area contributed by atoms with Gasteiger partial charge >= 0.3 is 12.0 Å². The van der Waals surface area contributed by atoms with Crippen molar-refractivity contribution in [2.75, 3.05) is 38.0 Å². The van der Waals surface area contributed by atoms with Crippen molar-refractivity contribution < 1.29 is 14.7 Å². The van der Waals surface area contributed by atoms with Gasteiger partial charge in [-0.15, -0.1) is 0 Å². The van der Waals surface area contributed by atoms with Crippen molar-refractivity contribution in [3.63, 3.8) is 0 Å². The largest absolute Gasteiger partial charge is 0.481 e. The molecule has 0 radical (unpaired) electrons. The predicted molar refractivity (Wildman–Crippen MR) is 88.4 cm³/mol. The Morgan fingerprint density at radius 1 is 1.14 bits per heavy atom. The highest BCUT2D eigenvalue weighted by Gasteiger charge is 2.21. The number of piperazine rings is 1. The molecule has 2 N–H and O–H groups in total. The third-order valence-corrected chi connectivity index (χ3v) is 4.12. The van der Waals surface area contributed by atoms with Crippen molar-refractivity contribution in [3.05, 3.63) is 27.8 Å². The summed E-state index contributed by atoms with van der Waals surface area (Å²) in [6, 6.07) is 7.54. The summed E-state index contributed by atoms with van der Waals surface area (Å²) in [6.07, 6.45) is 0.148. The number of benzene rings is 1. The molecular formula is C14H18IN3O3. The fraction of sp³-hybridized carbons (Fsp3) is 0.429. The smallest absolute Gasteiger partial charge is 0.321 e. The maximum absolute atomic E-state index is 12.1. The number of halogens is 1. The summed E-state index contributed by atoms with van der Waals surface area (Å²) in [5, 5.41) is 11.5. The van der Waals surface area contributed by atoms with Crippen molar-refractivity contribution in [1.29, 1.82) is 0 Å². The van der Waals surface area contributed by atoms with Crippen LogP contribution < -0.4 is 5.32 Å². The minimum absolute atomic E-state index is 0.103. The highest BCUT2D eigenvalue weighted by Crippen LogP contribution is 2.12. The molecule has 1 aromatic rings. The van der Waals surface area contributed by atoms with E-state index in [1.165, 1.54) is 0 Å². The molecule has 2 rings (SSSR count). The summed E-state index contributed by atoms with van der Waals surface area (Å²) in [5.41, 5.74) is 0.786. The van der Waals surface area contributed by atoms with E-state index in [1.54, 1.807) is 4.90 Å². The number of carboxylic acid groups (broad SMARTS) is 1. The Balaban J connectivity index is 1.77. The second-order valence-electron chi connectivity index (χ2n) is 4.91. The van der Waals surface area contributed by atoms with Gasteiger partial charge in [-0.3, -0.25) is 9.69 Å². The summed E-state index contributed by atoms with van der Waals surface area (Å²) >= 11 is 2.22. The van der Waals surface area contributed by atoms with E-state index in [2.05, 4.69) is 32.8 Å². The predicted octanol–water partition coefficient (Wildman–Crippen LogP) is 1.92. The molecule has 1 aliphatic rings. The maximum atomic E-state index is 12.1. The average Bonchev–Trinajstić information content (AvgIpc) is 2.48. The van der Waals surface area contributed by atoms with Crippen LogP contribution >= 0.6 is 22.6 Å². The number of hydrogen-bond acceptors (Lipinski definition) is 3. The number of aliphatic carboxylic acids is 1. The van der Waals surface area contributed by atoms with E-state index < -0.39 is 5.97 Å². The second-order valence-corrected chi connectivity index (χ2v) is 6.16. The number of hydrogen-bond donors (Lipinski definition) is 2. The normalized spacial score (nSPS) is 15.8. The molecule has 1 aliphatic heterocycles. The van der Waals surface area contributed by atoms with Crippen molar-refractivity contribution in [1.82, 2.24) is 9.80 Å². The molecule has 0 spiro atoms. The van der Waals surface area contributed by atoms with Crippen LogP contribution in [0.1, 0.15) is 6.42 Å². The van der Waals surface area contributed by atoms with Gasteiger partial charge in [-0.05, 0) is 46.9 Å². The number of anilines is 1. The van der Waals surface area contributed by atoms with Gasteiger partial charge in [-0.25, -0.2) is 4.79 Å². The minimum Gasteiger partial charge on any atom is -0.481 e. The molecule has 0 aliphatic carbocycles. The number of carbonyl (C=O) groups is 2. The third kappa shape index (κ3) is 5.16. The Labute approximate surface area is 137 Å². The molecule has 21 heavy (non-hydrogen) atoms. The first kappa shape index (κ1) is 16.0. The van der Waals surface area contributed by atoms with Crippen molar-refractivity contribution in [2.45, 2.75) is 6.42 Å². The molecule has 6 nitrogen and oxygen atoms in total. The summed E-state index contributed by atoms with van der Waals surface area (Å²) in [6.45, 7) is 3.22. The average molecular weight is 403 g/mol. The monoisotopic (exact) mass is 403 g/mol. The molecule has 0 bridgehead atoms. The number of nitrogens with one attached hydrogen (secondary N) is 1. The molecule has 0 atom stereocenters. The van der Waals surface area contributed by atoms with Crippen LogP contribution in [0.15, 0.2) is 24.3 Å². The minimum atomic E-state index is -0.783. The van der Waals surface area contributed by atoms with E-state index in [4.69, 9.17) is 5.11 Å². The van der Waals surface area contributed by atoms with Crippen molar-refractivity contribution >= 4 is 40.3 Å². The number of nitrogens with zero attached hydrogens (tertiary/aromatic N) is 2. The van der Waals surface area contributed by atoms with Crippen LogP contribution in [0, 0.1) is 3.57 Å². The zero-order valence-electron chi connectivity index (χ0n) is 11.6. The molecule has 114 valence electrons. The Bertz CT molecular complexity index is 499. The molecule has 7 heteroatoms. The Morgan fingerprint density at radius 3 is 2.33 bits per heavy atom. The van der Waals surface area contributed by atoms with Crippen LogP contribution in [0.25, 0.3) is 0 Å².